The SMILES string of the molecule is O=COC[C@H]1CCCN([C@H]2CCCC[C@@H]2Nc2cc(F)c(S(=O)(=O)Nc3nccs3)cc2Cl)C1. The number of halogens is 2. The topological polar surface area (TPSA) is 101 Å². The minimum atomic E-state index is -4.16. The molecule has 1 saturated carbocycles. The summed E-state index contributed by atoms with van der Waals surface area (Å²) in [6.45, 7) is 2.73. The first-order valence-electron chi connectivity index (χ1n) is 11.3. The molecule has 1 aliphatic carbocycles. The monoisotopic (exact) mass is 530 g/mol. The van der Waals surface area contributed by atoms with Gasteiger partial charge in [0.2, 0.25) is 0 Å². The summed E-state index contributed by atoms with van der Waals surface area (Å²) >= 11 is 7.52. The molecule has 0 bridgehead atoms. The Morgan fingerprint density at radius 1 is 1.26 bits per heavy atom. The Morgan fingerprint density at radius 2 is 2.09 bits per heavy atom. The van der Waals surface area contributed by atoms with E-state index in [2.05, 4.69) is 19.9 Å². The molecular formula is C22H28ClFN4O4S2. The van der Waals surface area contributed by atoms with E-state index in [1.807, 2.05) is 0 Å². The van der Waals surface area contributed by atoms with Gasteiger partial charge in [0.1, 0.15) is 10.7 Å². The van der Waals surface area contributed by atoms with Gasteiger partial charge >= 0.3 is 0 Å². The van der Waals surface area contributed by atoms with Gasteiger partial charge in [-0.05, 0) is 44.4 Å². The van der Waals surface area contributed by atoms with Gasteiger partial charge in [0.15, 0.2) is 5.13 Å². The van der Waals surface area contributed by atoms with Crippen LogP contribution in [-0.2, 0) is 19.6 Å². The minimum Gasteiger partial charge on any atom is -0.468 e. The first-order chi connectivity index (χ1) is 16.4. The fourth-order valence-electron chi connectivity index (χ4n) is 4.92. The Labute approximate surface area is 207 Å². The lowest BCUT2D eigenvalue weighted by molar-refractivity contribution is -0.130. The number of nitrogens with one attached hydrogen (secondary N) is 2. The van der Waals surface area contributed by atoms with Crippen LogP contribution >= 0.6 is 22.9 Å². The van der Waals surface area contributed by atoms with Gasteiger partial charge in [0, 0.05) is 36.1 Å². The number of hydrogen-bond acceptors (Lipinski definition) is 8. The molecule has 0 unspecified atom stereocenters. The third-order valence-corrected chi connectivity index (χ3v) is 8.94. The van der Waals surface area contributed by atoms with Crippen molar-refractivity contribution in [2.75, 3.05) is 29.7 Å². The number of carbonyl (C=O) groups excluding carboxylic acids is 1. The van der Waals surface area contributed by atoms with Gasteiger partial charge < -0.3 is 10.1 Å². The van der Waals surface area contributed by atoms with E-state index < -0.39 is 20.7 Å². The van der Waals surface area contributed by atoms with Crippen LogP contribution in [0, 0.1) is 11.7 Å². The van der Waals surface area contributed by atoms with Gasteiger partial charge in [-0.3, -0.25) is 14.4 Å². The van der Waals surface area contributed by atoms with E-state index in [1.54, 1.807) is 5.38 Å². The van der Waals surface area contributed by atoms with Crippen LogP contribution in [0.3, 0.4) is 0 Å². The van der Waals surface area contributed by atoms with Crippen LogP contribution in [0.4, 0.5) is 15.2 Å². The number of piperidine rings is 1. The molecule has 2 fully saturated rings. The average molecular weight is 531 g/mol. The summed E-state index contributed by atoms with van der Waals surface area (Å²) in [6.07, 6.45) is 7.57. The van der Waals surface area contributed by atoms with Crippen LogP contribution in [-0.4, -0.2) is 56.6 Å². The third-order valence-electron chi connectivity index (χ3n) is 6.45. The Hall–Kier alpha value is -1.95. The van der Waals surface area contributed by atoms with Crippen molar-refractivity contribution in [3.8, 4) is 0 Å². The summed E-state index contributed by atoms with van der Waals surface area (Å²) in [6, 6.07) is 2.58. The van der Waals surface area contributed by atoms with Crippen molar-refractivity contribution in [1.82, 2.24) is 9.88 Å². The Morgan fingerprint density at radius 3 is 2.85 bits per heavy atom. The summed E-state index contributed by atoms with van der Waals surface area (Å²) in [5.41, 5.74) is 0.377. The van der Waals surface area contributed by atoms with Gasteiger partial charge in [-0.1, -0.05) is 24.4 Å². The molecule has 2 heterocycles. The number of carbonyl (C=O) groups is 1. The second-order valence-electron chi connectivity index (χ2n) is 8.74. The molecule has 1 aromatic carbocycles. The number of anilines is 2. The quantitative estimate of drug-likeness (QED) is 0.465. The molecule has 1 aliphatic heterocycles. The van der Waals surface area contributed by atoms with E-state index >= 15 is 0 Å². The van der Waals surface area contributed by atoms with Crippen molar-refractivity contribution in [3.63, 3.8) is 0 Å². The van der Waals surface area contributed by atoms with Gasteiger partial charge in [-0.15, -0.1) is 11.3 Å². The molecule has 2 aliphatic rings. The van der Waals surface area contributed by atoms with Crippen molar-refractivity contribution in [2.24, 2.45) is 5.92 Å². The summed E-state index contributed by atoms with van der Waals surface area (Å²) in [7, 11) is -4.16. The smallest absolute Gasteiger partial charge is 0.293 e. The van der Waals surface area contributed by atoms with Crippen molar-refractivity contribution in [3.05, 3.63) is 34.5 Å². The Kier molecular flexibility index (Phi) is 8.28. The summed E-state index contributed by atoms with van der Waals surface area (Å²) < 4.78 is 47.5. The zero-order chi connectivity index (χ0) is 24.1. The van der Waals surface area contributed by atoms with Crippen LogP contribution in [0.25, 0.3) is 0 Å². The van der Waals surface area contributed by atoms with E-state index in [0.717, 1.165) is 75.1 Å². The maximum absolute atomic E-state index is 14.9. The highest BCUT2D eigenvalue weighted by Crippen LogP contribution is 2.34. The van der Waals surface area contributed by atoms with Gasteiger partial charge in [0.25, 0.3) is 16.5 Å². The highest BCUT2D eigenvalue weighted by Gasteiger charge is 2.34. The second kappa shape index (κ2) is 11.2. The molecule has 0 amide bonds. The first kappa shape index (κ1) is 25.2. The fraction of sp³-hybridized carbons (Fsp3) is 0.545. The zero-order valence-corrected chi connectivity index (χ0v) is 21.0. The largest absolute Gasteiger partial charge is 0.468 e. The number of likely N-dealkylation sites (tertiary alicyclic amines) is 1. The summed E-state index contributed by atoms with van der Waals surface area (Å²) in [5.74, 6) is -0.579. The number of thiazole rings is 1. The van der Waals surface area contributed by atoms with E-state index in [9.17, 15) is 17.6 Å². The van der Waals surface area contributed by atoms with E-state index in [-0.39, 0.29) is 22.2 Å². The predicted molar refractivity (Wildman–Crippen MR) is 130 cm³/mol. The maximum atomic E-state index is 14.9. The van der Waals surface area contributed by atoms with Crippen LogP contribution in [0.1, 0.15) is 38.5 Å². The van der Waals surface area contributed by atoms with Crippen molar-refractivity contribution < 1.29 is 22.3 Å². The molecule has 2 aromatic rings. The third kappa shape index (κ3) is 5.99. The Bertz CT molecular complexity index is 1090. The maximum Gasteiger partial charge on any atom is 0.293 e. The van der Waals surface area contributed by atoms with Crippen LogP contribution < -0.4 is 10.0 Å². The van der Waals surface area contributed by atoms with E-state index in [1.165, 1.54) is 6.20 Å². The highest BCUT2D eigenvalue weighted by atomic mass is 35.5. The lowest BCUT2D eigenvalue weighted by atomic mass is 9.86. The highest BCUT2D eigenvalue weighted by molar-refractivity contribution is 7.93. The van der Waals surface area contributed by atoms with Crippen LogP contribution in [0.15, 0.2) is 28.6 Å². The number of aromatic nitrogens is 1. The van der Waals surface area contributed by atoms with E-state index in [0.29, 0.717) is 24.7 Å². The molecule has 0 radical (unpaired) electrons. The fourth-order valence-corrected chi connectivity index (χ4v) is 7.07. The van der Waals surface area contributed by atoms with Crippen molar-refractivity contribution in [1.29, 1.82) is 0 Å². The summed E-state index contributed by atoms with van der Waals surface area (Å²) in [4.78, 5) is 16.4. The first-order valence-corrected chi connectivity index (χ1v) is 14.1. The lowest BCUT2D eigenvalue weighted by Gasteiger charge is -2.44. The van der Waals surface area contributed by atoms with E-state index in [4.69, 9.17) is 16.3 Å². The molecule has 8 nitrogen and oxygen atoms in total. The molecule has 0 spiro atoms. The number of hydrogen-bond donors (Lipinski definition) is 2. The minimum absolute atomic E-state index is 0.0484. The average Bonchev–Trinajstić information content (AvgIpc) is 3.32. The lowest BCUT2D eigenvalue weighted by Crippen LogP contribution is -2.52. The van der Waals surface area contributed by atoms with Crippen molar-refractivity contribution in [2.45, 2.75) is 55.5 Å². The number of nitrogens with zero attached hydrogens (tertiary/aromatic N) is 2. The molecule has 34 heavy (non-hydrogen) atoms. The normalized spacial score (nSPS) is 23.9. The molecule has 3 atom stereocenters. The number of benzene rings is 1. The predicted octanol–water partition coefficient (Wildman–Crippen LogP) is 4.34. The molecule has 4 rings (SSSR count). The van der Waals surface area contributed by atoms with Gasteiger partial charge in [0.05, 0.1) is 17.3 Å². The molecule has 186 valence electrons. The second-order valence-corrected chi connectivity index (χ2v) is 11.7. The molecule has 2 N–H and O–H groups in total. The van der Waals surface area contributed by atoms with Gasteiger partial charge in [-0.2, -0.15) is 0 Å². The molecule has 1 saturated heterocycles. The molecule has 1 aromatic heterocycles. The molecule has 12 heteroatoms. The molecular weight excluding hydrogens is 503 g/mol. The summed E-state index contributed by atoms with van der Waals surface area (Å²) in [5, 5.41) is 5.31. The number of sulfonamides is 1. The van der Waals surface area contributed by atoms with Crippen molar-refractivity contribution >= 4 is 50.3 Å². The van der Waals surface area contributed by atoms with Gasteiger partial charge in [-0.25, -0.2) is 17.8 Å². The number of ether oxygens (including phenoxy) is 1. The number of rotatable bonds is 9. The van der Waals surface area contributed by atoms with Crippen LogP contribution in [0.5, 0.6) is 0 Å². The Balaban J connectivity index is 1.49. The van der Waals surface area contributed by atoms with Crippen LogP contribution in [0.2, 0.25) is 5.02 Å². The zero-order valence-electron chi connectivity index (χ0n) is 18.6. The standard InChI is InChI=1S/C22H28ClFN4O4S2/c23-16-10-21(34(30,31)27-22-25-7-9-33-22)17(24)11-19(16)26-18-5-1-2-6-20(18)28-8-3-4-15(12-28)13-32-14-29/h7,9-11,14-15,18,20,26H,1-6,8,12-13H2,(H,25,27)/t15-,18-,20-/m0/s1.